The first-order valence-electron chi connectivity index (χ1n) is 8.06. The molecule has 7 heteroatoms. The molecular weight excluding hydrogens is 348 g/mol. The van der Waals surface area contributed by atoms with Gasteiger partial charge in [-0.3, -0.25) is 9.36 Å². The van der Waals surface area contributed by atoms with Crippen molar-refractivity contribution in [3.63, 3.8) is 0 Å². The lowest BCUT2D eigenvalue weighted by atomic mass is 10.2. The molecule has 0 radical (unpaired) electrons. The van der Waals surface area contributed by atoms with Crippen LogP contribution in [0.5, 0.6) is 0 Å². The Kier molecular flexibility index (Phi) is 4.22. The number of nitrogens with zero attached hydrogens (tertiary/aromatic N) is 3. The second kappa shape index (κ2) is 6.68. The summed E-state index contributed by atoms with van der Waals surface area (Å²) in [5, 5.41) is 0. The van der Waals surface area contributed by atoms with E-state index in [-0.39, 0.29) is 12.1 Å². The van der Waals surface area contributed by atoms with Crippen molar-refractivity contribution in [3.05, 3.63) is 87.3 Å². The third-order valence-electron chi connectivity index (χ3n) is 4.21. The predicted molar refractivity (Wildman–Crippen MR) is 103 cm³/mol. The van der Waals surface area contributed by atoms with Gasteiger partial charge in [-0.15, -0.1) is 11.8 Å². The van der Waals surface area contributed by atoms with Gasteiger partial charge in [0.1, 0.15) is 5.52 Å². The van der Waals surface area contributed by atoms with Crippen molar-refractivity contribution in [3.8, 4) is 5.69 Å². The SMILES string of the molecule is CSc1cccc(-n2c(=O)n(Cc3ccccc3)c(=O)c3[nH]cnc32)c1. The van der Waals surface area contributed by atoms with E-state index in [1.165, 1.54) is 15.5 Å². The number of thioether (sulfide) groups is 1. The van der Waals surface area contributed by atoms with Gasteiger partial charge < -0.3 is 4.98 Å². The molecule has 0 saturated heterocycles. The van der Waals surface area contributed by atoms with Gasteiger partial charge in [0.25, 0.3) is 5.56 Å². The van der Waals surface area contributed by atoms with Crippen LogP contribution < -0.4 is 11.2 Å². The van der Waals surface area contributed by atoms with Crippen molar-refractivity contribution in [2.45, 2.75) is 11.4 Å². The molecule has 0 saturated carbocycles. The standard InChI is InChI=1S/C19H16N4O2S/c1-26-15-9-5-8-14(10-15)23-17-16(20-12-21-17)18(24)22(19(23)25)11-13-6-3-2-4-7-13/h2-10,12H,11H2,1H3,(H,20,21). The number of aromatic nitrogens is 4. The van der Waals surface area contributed by atoms with Crippen LogP contribution in [0.4, 0.5) is 0 Å². The van der Waals surface area contributed by atoms with Crippen LogP contribution in [0.15, 0.2) is 75.4 Å². The van der Waals surface area contributed by atoms with E-state index in [1.807, 2.05) is 60.9 Å². The Morgan fingerprint density at radius 1 is 1.08 bits per heavy atom. The topological polar surface area (TPSA) is 72.7 Å². The highest BCUT2D eigenvalue weighted by Gasteiger charge is 2.17. The average Bonchev–Trinajstić information content (AvgIpc) is 3.16. The first kappa shape index (κ1) is 16.4. The van der Waals surface area contributed by atoms with Crippen molar-refractivity contribution in [2.75, 3.05) is 6.26 Å². The summed E-state index contributed by atoms with van der Waals surface area (Å²) in [7, 11) is 0. The van der Waals surface area contributed by atoms with E-state index < -0.39 is 5.69 Å². The van der Waals surface area contributed by atoms with E-state index >= 15 is 0 Å². The van der Waals surface area contributed by atoms with Gasteiger partial charge in [0.2, 0.25) is 0 Å². The van der Waals surface area contributed by atoms with E-state index in [9.17, 15) is 9.59 Å². The summed E-state index contributed by atoms with van der Waals surface area (Å²) in [6.07, 6.45) is 3.41. The minimum absolute atomic E-state index is 0.204. The molecule has 26 heavy (non-hydrogen) atoms. The van der Waals surface area contributed by atoms with Crippen LogP contribution in [0.3, 0.4) is 0 Å². The first-order chi connectivity index (χ1) is 12.7. The van der Waals surface area contributed by atoms with Crippen molar-refractivity contribution in [2.24, 2.45) is 0 Å². The second-order valence-corrected chi connectivity index (χ2v) is 6.68. The highest BCUT2D eigenvalue weighted by atomic mass is 32.2. The maximum absolute atomic E-state index is 13.2. The maximum Gasteiger partial charge on any atom is 0.337 e. The zero-order chi connectivity index (χ0) is 18.1. The van der Waals surface area contributed by atoms with Gasteiger partial charge in [-0.25, -0.2) is 14.3 Å². The summed E-state index contributed by atoms with van der Waals surface area (Å²) in [6, 6.07) is 17.1. The summed E-state index contributed by atoms with van der Waals surface area (Å²) >= 11 is 1.59. The highest BCUT2D eigenvalue weighted by molar-refractivity contribution is 7.98. The Morgan fingerprint density at radius 2 is 1.88 bits per heavy atom. The molecule has 0 atom stereocenters. The lowest BCUT2D eigenvalue weighted by Crippen LogP contribution is -2.39. The monoisotopic (exact) mass is 364 g/mol. The summed E-state index contributed by atoms with van der Waals surface area (Å²) < 4.78 is 2.72. The maximum atomic E-state index is 13.2. The zero-order valence-electron chi connectivity index (χ0n) is 14.0. The Labute approximate surface area is 153 Å². The number of rotatable bonds is 4. The molecule has 4 rings (SSSR count). The van der Waals surface area contributed by atoms with Crippen LogP contribution in [-0.2, 0) is 6.54 Å². The molecular formula is C19H16N4O2S. The number of imidazole rings is 1. The van der Waals surface area contributed by atoms with Crippen molar-refractivity contribution in [1.82, 2.24) is 19.1 Å². The third-order valence-corrected chi connectivity index (χ3v) is 4.93. The molecule has 2 aromatic heterocycles. The molecule has 0 aliphatic heterocycles. The van der Waals surface area contributed by atoms with Gasteiger partial charge >= 0.3 is 5.69 Å². The molecule has 0 aliphatic carbocycles. The van der Waals surface area contributed by atoms with Gasteiger partial charge in [0, 0.05) is 4.90 Å². The quantitative estimate of drug-likeness (QED) is 0.565. The fourth-order valence-corrected chi connectivity index (χ4v) is 3.39. The lowest BCUT2D eigenvalue weighted by molar-refractivity contribution is 0.682. The fourth-order valence-electron chi connectivity index (χ4n) is 2.93. The molecule has 6 nitrogen and oxygen atoms in total. The van der Waals surface area contributed by atoms with Crippen molar-refractivity contribution >= 4 is 22.9 Å². The van der Waals surface area contributed by atoms with Crippen molar-refractivity contribution in [1.29, 1.82) is 0 Å². The molecule has 1 N–H and O–H groups in total. The van der Waals surface area contributed by atoms with E-state index in [1.54, 1.807) is 11.8 Å². The Balaban J connectivity index is 1.99. The summed E-state index contributed by atoms with van der Waals surface area (Å²) in [4.78, 5) is 34.1. The Hall–Kier alpha value is -3.06. The molecule has 0 bridgehead atoms. The second-order valence-electron chi connectivity index (χ2n) is 5.80. The first-order valence-corrected chi connectivity index (χ1v) is 9.29. The minimum atomic E-state index is -0.406. The van der Waals surface area contributed by atoms with Crippen LogP contribution in [-0.4, -0.2) is 25.4 Å². The third kappa shape index (κ3) is 2.76. The molecule has 2 heterocycles. The van der Waals surface area contributed by atoms with Crippen LogP contribution in [0.1, 0.15) is 5.56 Å². The predicted octanol–water partition coefficient (Wildman–Crippen LogP) is 2.65. The molecule has 4 aromatic rings. The largest absolute Gasteiger partial charge is 0.339 e. The average molecular weight is 364 g/mol. The van der Waals surface area contributed by atoms with Gasteiger partial charge in [0.05, 0.1) is 18.6 Å². The van der Waals surface area contributed by atoms with Crippen LogP contribution in [0.25, 0.3) is 16.9 Å². The van der Waals surface area contributed by atoms with E-state index in [2.05, 4.69) is 9.97 Å². The van der Waals surface area contributed by atoms with E-state index in [0.717, 1.165) is 10.5 Å². The van der Waals surface area contributed by atoms with Gasteiger partial charge in [0.15, 0.2) is 5.65 Å². The fraction of sp³-hybridized carbons (Fsp3) is 0.105. The zero-order valence-corrected chi connectivity index (χ0v) is 14.9. The number of hydrogen-bond acceptors (Lipinski definition) is 4. The number of H-pyrrole nitrogens is 1. The van der Waals surface area contributed by atoms with Crippen molar-refractivity contribution < 1.29 is 0 Å². The number of hydrogen-bond donors (Lipinski definition) is 1. The smallest absolute Gasteiger partial charge is 0.337 e. The summed E-state index contributed by atoms with van der Waals surface area (Å²) in [6.45, 7) is 0.204. The molecule has 0 amide bonds. The normalized spacial score (nSPS) is 11.1. The Bertz CT molecular complexity index is 1190. The Morgan fingerprint density at radius 3 is 2.65 bits per heavy atom. The van der Waals surface area contributed by atoms with Crippen LogP contribution in [0.2, 0.25) is 0 Å². The minimum Gasteiger partial charge on any atom is -0.339 e. The van der Waals surface area contributed by atoms with E-state index in [4.69, 9.17) is 0 Å². The number of benzene rings is 2. The summed E-state index contributed by atoms with van der Waals surface area (Å²) in [5.74, 6) is 0. The molecule has 0 fully saturated rings. The number of fused-ring (bicyclic) bond motifs is 1. The van der Waals surface area contributed by atoms with Crippen LogP contribution >= 0.6 is 11.8 Å². The molecule has 0 aliphatic rings. The summed E-state index contributed by atoms with van der Waals surface area (Å²) in [5.41, 5.74) is 1.44. The van der Waals surface area contributed by atoms with Gasteiger partial charge in [-0.1, -0.05) is 36.4 Å². The van der Waals surface area contributed by atoms with Gasteiger partial charge in [-0.2, -0.15) is 0 Å². The number of nitrogens with one attached hydrogen (secondary N) is 1. The van der Waals surface area contributed by atoms with E-state index in [0.29, 0.717) is 16.9 Å². The molecule has 0 spiro atoms. The highest BCUT2D eigenvalue weighted by Crippen LogP contribution is 2.19. The van der Waals surface area contributed by atoms with Gasteiger partial charge in [-0.05, 0) is 30.0 Å². The molecule has 130 valence electrons. The number of aromatic amines is 1. The lowest BCUT2D eigenvalue weighted by Gasteiger charge is -2.12. The van der Waals surface area contributed by atoms with Crippen LogP contribution in [0, 0.1) is 0 Å². The molecule has 2 aromatic carbocycles. The molecule has 0 unspecified atom stereocenters.